The summed E-state index contributed by atoms with van der Waals surface area (Å²) in [6, 6.07) is 0. The fourth-order valence-electron chi connectivity index (χ4n) is 0.678. The monoisotopic (exact) mass is 201 g/mol. The van der Waals surface area contributed by atoms with E-state index in [-0.39, 0.29) is 5.71 Å². The Bertz CT molecular complexity index is 347. The number of thiazole rings is 1. The first-order valence-corrected chi connectivity index (χ1v) is 4.03. The maximum absolute atomic E-state index is 10.6. The number of aliphatic carboxylic acids is 1. The van der Waals surface area contributed by atoms with Gasteiger partial charge in [-0.05, 0) is 0 Å². The molecule has 1 heterocycles. The smallest absolute Gasteiger partial charge is 0.359 e. The molecule has 0 fully saturated rings. The molecule has 0 aliphatic carbocycles. The number of carbonyl (C=O) groups is 1. The third-order valence-corrected chi connectivity index (χ3v) is 1.98. The highest BCUT2D eigenvalue weighted by Crippen LogP contribution is 2.15. The molecular formula is C6H7N3O3S. The van der Waals surface area contributed by atoms with Crippen LogP contribution in [0.4, 0.5) is 5.13 Å². The Labute approximate surface area is 77.6 Å². The lowest BCUT2D eigenvalue weighted by Gasteiger charge is -1.94. The summed E-state index contributed by atoms with van der Waals surface area (Å²) in [4.78, 5) is 19.1. The molecule has 0 spiro atoms. The second-order valence-electron chi connectivity index (χ2n) is 1.99. The van der Waals surface area contributed by atoms with E-state index in [2.05, 4.69) is 15.0 Å². The Balaban J connectivity index is 3.02. The predicted octanol–water partition coefficient (Wildman–Crippen LogP) is 0.160. The van der Waals surface area contributed by atoms with Crippen LogP contribution in [0, 0.1) is 0 Å². The van der Waals surface area contributed by atoms with Gasteiger partial charge in [0.2, 0.25) is 5.71 Å². The third-order valence-electron chi connectivity index (χ3n) is 1.14. The van der Waals surface area contributed by atoms with Gasteiger partial charge in [-0.25, -0.2) is 9.78 Å². The minimum Gasteiger partial charge on any atom is -0.476 e. The van der Waals surface area contributed by atoms with Crippen LogP contribution >= 0.6 is 11.3 Å². The molecule has 6 nitrogen and oxygen atoms in total. The molecule has 0 aliphatic rings. The number of aromatic nitrogens is 1. The average Bonchev–Trinajstić information content (AvgIpc) is 2.46. The van der Waals surface area contributed by atoms with Crippen LogP contribution in [0.3, 0.4) is 0 Å². The van der Waals surface area contributed by atoms with Gasteiger partial charge in [0.15, 0.2) is 5.13 Å². The summed E-state index contributed by atoms with van der Waals surface area (Å²) in [5.41, 5.74) is 5.13. The van der Waals surface area contributed by atoms with Crippen LogP contribution in [0.15, 0.2) is 11.4 Å². The summed E-state index contributed by atoms with van der Waals surface area (Å²) < 4.78 is 0. The lowest BCUT2D eigenvalue weighted by Crippen LogP contribution is -2.13. The van der Waals surface area contributed by atoms with Crippen molar-refractivity contribution in [3.05, 3.63) is 11.1 Å². The lowest BCUT2D eigenvalue weighted by atomic mass is 10.3. The summed E-state index contributed by atoms with van der Waals surface area (Å²) >= 11 is 1.04. The zero-order valence-corrected chi connectivity index (χ0v) is 7.54. The summed E-state index contributed by atoms with van der Waals surface area (Å²) in [6.07, 6.45) is 1.34. The Hall–Kier alpha value is -1.63. The number of anilines is 1. The molecule has 7 heteroatoms. The molecule has 13 heavy (non-hydrogen) atoms. The Morgan fingerprint density at radius 2 is 2.54 bits per heavy atom. The highest BCUT2D eigenvalue weighted by molar-refractivity contribution is 7.18. The van der Waals surface area contributed by atoms with Crippen molar-refractivity contribution in [2.45, 2.75) is 0 Å². The topological polar surface area (TPSA) is 97.8 Å². The van der Waals surface area contributed by atoms with Crippen molar-refractivity contribution in [1.82, 2.24) is 4.98 Å². The number of hydrogen-bond acceptors (Lipinski definition) is 6. The van der Waals surface area contributed by atoms with E-state index in [1.54, 1.807) is 0 Å². The first-order valence-electron chi connectivity index (χ1n) is 3.21. The van der Waals surface area contributed by atoms with E-state index in [4.69, 9.17) is 10.8 Å². The van der Waals surface area contributed by atoms with Crippen molar-refractivity contribution in [1.29, 1.82) is 0 Å². The van der Waals surface area contributed by atoms with Gasteiger partial charge in [0, 0.05) is 0 Å². The number of carboxylic acids is 1. The quantitative estimate of drug-likeness (QED) is 0.536. The van der Waals surface area contributed by atoms with Crippen molar-refractivity contribution >= 4 is 28.1 Å². The van der Waals surface area contributed by atoms with Crippen molar-refractivity contribution in [2.75, 3.05) is 12.8 Å². The number of oxime groups is 1. The van der Waals surface area contributed by atoms with Crippen LogP contribution in [0.1, 0.15) is 4.88 Å². The van der Waals surface area contributed by atoms with Gasteiger partial charge in [-0.15, -0.1) is 0 Å². The summed E-state index contributed by atoms with van der Waals surface area (Å²) in [6.45, 7) is 0. The van der Waals surface area contributed by atoms with E-state index in [0.717, 1.165) is 11.3 Å². The number of nitrogen functional groups attached to an aromatic ring is 1. The molecule has 1 aromatic heterocycles. The van der Waals surface area contributed by atoms with Crippen molar-refractivity contribution in [3.8, 4) is 0 Å². The fourth-order valence-corrected chi connectivity index (χ4v) is 1.34. The largest absolute Gasteiger partial charge is 0.476 e. The van der Waals surface area contributed by atoms with Gasteiger partial charge in [0.25, 0.3) is 0 Å². The van der Waals surface area contributed by atoms with Crippen LogP contribution < -0.4 is 5.73 Å². The molecule has 0 unspecified atom stereocenters. The summed E-state index contributed by atoms with van der Waals surface area (Å²) in [5, 5.41) is 12.3. The van der Waals surface area contributed by atoms with Crippen LogP contribution in [0.5, 0.6) is 0 Å². The first-order chi connectivity index (χ1) is 6.15. The third kappa shape index (κ3) is 2.15. The number of hydrogen-bond donors (Lipinski definition) is 2. The van der Waals surface area contributed by atoms with Crippen molar-refractivity contribution in [2.24, 2.45) is 5.16 Å². The average molecular weight is 201 g/mol. The molecule has 0 amide bonds. The van der Waals surface area contributed by atoms with E-state index in [1.165, 1.54) is 13.3 Å². The van der Waals surface area contributed by atoms with Gasteiger partial charge in [-0.2, -0.15) is 0 Å². The van der Waals surface area contributed by atoms with Gasteiger partial charge in [0.05, 0.1) is 11.1 Å². The highest BCUT2D eigenvalue weighted by atomic mass is 32.1. The minimum absolute atomic E-state index is 0.197. The van der Waals surface area contributed by atoms with E-state index in [9.17, 15) is 4.79 Å². The zero-order valence-electron chi connectivity index (χ0n) is 6.72. The number of nitrogens with zero attached hydrogens (tertiary/aromatic N) is 2. The first kappa shape index (κ1) is 9.46. The second kappa shape index (κ2) is 3.85. The number of nitrogens with two attached hydrogens (primary N) is 1. The van der Waals surface area contributed by atoms with Crippen molar-refractivity contribution < 1.29 is 14.7 Å². The molecule has 0 aliphatic heterocycles. The maximum atomic E-state index is 10.6. The molecular weight excluding hydrogens is 194 g/mol. The molecule has 0 radical (unpaired) electrons. The summed E-state index contributed by atoms with van der Waals surface area (Å²) in [7, 11) is 1.27. The Kier molecular flexibility index (Phi) is 2.80. The Morgan fingerprint density at radius 1 is 1.85 bits per heavy atom. The predicted molar refractivity (Wildman–Crippen MR) is 47.7 cm³/mol. The van der Waals surface area contributed by atoms with Gasteiger partial charge in [0.1, 0.15) is 7.11 Å². The summed E-state index contributed by atoms with van der Waals surface area (Å²) in [5.74, 6) is -1.18. The normalized spacial score (nSPS) is 11.3. The second-order valence-corrected chi connectivity index (χ2v) is 3.05. The van der Waals surface area contributed by atoms with Gasteiger partial charge in [-0.1, -0.05) is 16.5 Å². The number of carboxylic acid groups (broad SMARTS) is 1. The fraction of sp³-hybridized carbons (Fsp3) is 0.167. The van der Waals surface area contributed by atoms with Gasteiger partial charge in [-0.3, -0.25) is 0 Å². The molecule has 70 valence electrons. The molecule has 0 saturated carbocycles. The molecule has 0 saturated heterocycles. The minimum atomic E-state index is -1.18. The van der Waals surface area contributed by atoms with E-state index in [0.29, 0.717) is 10.0 Å². The Morgan fingerprint density at radius 3 is 2.92 bits per heavy atom. The number of rotatable bonds is 3. The van der Waals surface area contributed by atoms with Crippen LogP contribution in [-0.4, -0.2) is 28.9 Å². The molecule has 0 bridgehead atoms. The van der Waals surface area contributed by atoms with Crippen LogP contribution in [0.25, 0.3) is 0 Å². The standard InChI is InChI=1S/C6H7N3O3S/c1-12-9-4(5(10)11)3-2-8-6(7)13-3/h2H,1H3,(H2,7,8)(H,10,11)/b9-4+. The molecule has 1 aromatic rings. The van der Waals surface area contributed by atoms with Gasteiger partial charge >= 0.3 is 5.97 Å². The highest BCUT2D eigenvalue weighted by Gasteiger charge is 2.16. The maximum Gasteiger partial charge on any atom is 0.359 e. The SMILES string of the molecule is CO/N=C(/C(=O)O)c1cnc(N)s1. The molecule has 0 aromatic carbocycles. The van der Waals surface area contributed by atoms with Crippen LogP contribution in [-0.2, 0) is 9.63 Å². The van der Waals surface area contributed by atoms with E-state index in [1.807, 2.05) is 0 Å². The molecule has 1 rings (SSSR count). The van der Waals surface area contributed by atoms with Gasteiger partial charge < -0.3 is 15.7 Å². The van der Waals surface area contributed by atoms with E-state index >= 15 is 0 Å². The van der Waals surface area contributed by atoms with Crippen LogP contribution in [0.2, 0.25) is 0 Å². The molecule has 3 N–H and O–H groups in total. The van der Waals surface area contributed by atoms with E-state index < -0.39 is 5.97 Å². The zero-order chi connectivity index (χ0) is 9.84. The van der Waals surface area contributed by atoms with Crippen molar-refractivity contribution in [3.63, 3.8) is 0 Å². The molecule has 0 atom stereocenters. The lowest BCUT2D eigenvalue weighted by molar-refractivity contribution is -0.129.